The predicted molar refractivity (Wildman–Crippen MR) is 125 cm³/mol. The quantitative estimate of drug-likeness (QED) is 0.373. The lowest BCUT2D eigenvalue weighted by molar-refractivity contribution is 0.102. The van der Waals surface area contributed by atoms with Gasteiger partial charge in [-0.2, -0.15) is 0 Å². The van der Waals surface area contributed by atoms with Gasteiger partial charge in [0.2, 0.25) is 0 Å². The highest BCUT2D eigenvalue weighted by Gasteiger charge is 2.19. The van der Waals surface area contributed by atoms with Crippen molar-refractivity contribution in [1.29, 1.82) is 0 Å². The van der Waals surface area contributed by atoms with Crippen molar-refractivity contribution < 1.29 is 9.90 Å². The molecule has 1 aliphatic rings. The van der Waals surface area contributed by atoms with Crippen molar-refractivity contribution in [3.8, 4) is 10.9 Å². The summed E-state index contributed by atoms with van der Waals surface area (Å²) < 4.78 is 1.34. The molecule has 1 aliphatic heterocycles. The summed E-state index contributed by atoms with van der Waals surface area (Å²) in [6.45, 7) is 3.42. The number of hydrogen-bond donors (Lipinski definition) is 4. The molecular formula is C21H23N7O3S. The minimum Gasteiger partial charge on any atom is -0.506 e. The van der Waals surface area contributed by atoms with Gasteiger partial charge in [0.1, 0.15) is 17.0 Å². The number of aromatic amines is 1. The molecule has 166 valence electrons. The zero-order valence-electron chi connectivity index (χ0n) is 16.3. The first-order valence-corrected chi connectivity index (χ1v) is 10.6. The number of carbonyl (C=O) groups excluding carboxylic acids is 1. The molecule has 10 nitrogen and oxygen atoms in total. The Balaban J connectivity index is 0.00000245. The largest absolute Gasteiger partial charge is 0.506 e. The summed E-state index contributed by atoms with van der Waals surface area (Å²) in [7, 11) is 0. The molecule has 4 aromatic rings. The van der Waals surface area contributed by atoms with Gasteiger partial charge in [-0.3, -0.25) is 9.78 Å². The van der Waals surface area contributed by atoms with Gasteiger partial charge in [-0.1, -0.05) is 13.5 Å². The molecule has 1 amide bonds. The molecule has 0 saturated carbocycles. The van der Waals surface area contributed by atoms with Crippen molar-refractivity contribution >= 4 is 39.7 Å². The third-order valence-corrected chi connectivity index (χ3v) is 5.94. The molecule has 4 heterocycles. The van der Waals surface area contributed by atoms with Gasteiger partial charge in [-0.05, 0) is 18.2 Å². The molecule has 4 N–H and O–H groups in total. The van der Waals surface area contributed by atoms with Crippen LogP contribution in [0.2, 0.25) is 0 Å². The number of aromatic nitrogens is 4. The summed E-state index contributed by atoms with van der Waals surface area (Å²) in [5, 5.41) is 18.1. The average molecular weight is 454 g/mol. The molecular weight excluding hydrogens is 430 g/mol. The highest BCUT2D eigenvalue weighted by Crippen LogP contribution is 2.27. The number of fused-ring (bicyclic) bond motifs is 1. The molecule has 0 aliphatic carbocycles. The Kier molecular flexibility index (Phi) is 5.93. The van der Waals surface area contributed by atoms with Crippen LogP contribution in [0.25, 0.3) is 16.2 Å². The summed E-state index contributed by atoms with van der Waals surface area (Å²) in [4.78, 5) is 38.6. The number of pyridine rings is 1. The summed E-state index contributed by atoms with van der Waals surface area (Å²) in [6.07, 6.45) is 3.32. The summed E-state index contributed by atoms with van der Waals surface area (Å²) in [5.41, 5.74) is 2.08. The zero-order valence-corrected chi connectivity index (χ0v) is 17.1. The Morgan fingerprint density at radius 3 is 2.84 bits per heavy atom. The lowest BCUT2D eigenvalue weighted by Crippen LogP contribution is -2.43. The highest BCUT2D eigenvalue weighted by molar-refractivity contribution is 7.12. The number of phenols is 1. The van der Waals surface area contributed by atoms with E-state index in [9.17, 15) is 14.7 Å². The van der Waals surface area contributed by atoms with Crippen LogP contribution < -0.4 is 21.2 Å². The number of imidazole rings is 1. The van der Waals surface area contributed by atoms with Crippen LogP contribution in [0.15, 0.2) is 46.8 Å². The van der Waals surface area contributed by atoms with E-state index in [1.807, 2.05) is 6.07 Å². The Hall–Kier alpha value is -3.70. The maximum atomic E-state index is 12.9. The number of thiazole rings is 1. The van der Waals surface area contributed by atoms with E-state index in [1.165, 1.54) is 22.0 Å². The van der Waals surface area contributed by atoms with E-state index < -0.39 is 5.69 Å². The molecule has 0 unspecified atom stereocenters. The van der Waals surface area contributed by atoms with E-state index in [0.29, 0.717) is 21.9 Å². The van der Waals surface area contributed by atoms with E-state index in [4.69, 9.17) is 0 Å². The number of para-hydroxylation sites is 1. The van der Waals surface area contributed by atoms with Gasteiger partial charge in [-0.25, -0.2) is 14.3 Å². The fourth-order valence-electron chi connectivity index (χ4n) is 3.63. The van der Waals surface area contributed by atoms with Crippen molar-refractivity contribution in [3.05, 3.63) is 58.2 Å². The molecule has 1 aromatic carbocycles. The van der Waals surface area contributed by atoms with Gasteiger partial charge in [0.05, 0.1) is 23.1 Å². The number of phenolic OH excluding ortho intramolecular Hbond substituents is 1. The van der Waals surface area contributed by atoms with Gasteiger partial charge < -0.3 is 25.6 Å². The fraction of sp³-hybridized carbons (Fsp3) is 0.238. The van der Waals surface area contributed by atoms with E-state index in [1.54, 1.807) is 29.9 Å². The number of nitrogens with one attached hydrogen (secondary N) is 3. The molecule has 32 heavy (non-hydrogen) atoms. The van der Waals surface area contributed by atoms with Gasteiger partial charge in [0, 0.05) is 37.8 Å². The molecule has 0 spiro atoms. The van der Waals surface area contributed by atoms with Crippen LogP contribution in [-0.4, -0.2) is 56.7 Å². The first-order valence-electron chi connectivity index (χ1n) is 9.71. The van der Waals surface area contributed by atoms with Crippen molar-refractivity contribution in [3.63, 3.8) is 0 Å². The Labute approximate surface area is 187 Å². The van der Waals surface area contributed by atoms with Crippen LogP contribution in [0.4, 0.5) is 11.4 Å². The monoisotopic (exact) mass is 453 g/mol. The second-order valence-corrected chi connectivity index (χ2v) is 7.87. The van der Waals surface area contributed by atoms with Crippen molar-refractivity contribution in [2.24, 2.45) is 0 Å². The number of hydrogen-bond acceptors (Lipinski definition) is 8. The number of nitrogens with zero attached hydrogens (tertiary/aromatic N) is 4. The van der Waals surface area contributed by atoms with E-state index in [0.717, 1.165) is 31.9 Å². The van der Waals surface area contributed by atoms with Crippen LogP contribution in [0.1, 0.15) is 17.9 Å². The van der Waals surface area contributed by atoms with Gasteiger partial charge in [0.15, 0.2) is 5.13 Å². The molecule has 0 radical (unpaired) electrons. The third kappa shape index (κ3) is 3.83. The zero-order chi connectivity index (χ0) is 21.4. The number of H-pyrrole nitrogens is 1. The number of piperazine rings is 1. The fourth-order valence-corrected chi connectivity index (χ4v) is 4.44. The lowest BCUT2D eigenvalue weighted by atomic mass is 10.2. The van der Waals surface area contributed by atoms with Gasteiger partial charge >= 0.3 is 5.69 Å². The molecule has 5 rings (SSSR count). The molecule has 1 saturated heterocycles. The highest BCUT2D eigenvalue weighted by atomic mass is 32.1. The van der Waals surface area contributed by atoms with E-state index in [2.05, 4.69) is 30.5 Å². The smallest absolute Gasteiger partial charge is 0.333 e. The maximum Gasteiger partial charge on any atom is 0.333 e. The van der Waals surface area contributed by atoms with Crippen molar-refractivity contribution in [1.82, 2.24) is 24.8 Å². The van der Waals surface area contributed by atoms with Gasteiger partial charge in [-0.15, -0.1) is 11.3 Å². The second kappa shape index (κ2) is 8.81. The minimum absolute atomic E-state index is 0. The molecule has 0 bridgehead atoms. The number of anilines is 2. The number of amides is 1. The van der Waals surface area contributed by atoms with Crippen molar-refractivity contribution in [2.45, 2.75) is 7.43 Å². The summed E-state index contributed by atoms with van der Waals surface area (Å²) >= 11 is 1.17. The maximum absolute atomic E-state index is 12.9. The summed E-state index contributed by atoms with van der Waals surface area (Å²) in [5.74, 6) is -0.414. The molecule has 3 aromatic heterocycles. The molecule has 1 fully saturated rings. The number of benzene rings is 1. The summed E-state index contributed by atoms with van der Waals surface area (Å²) in [6, 6.07) is 6.71. The van der Waals surface area contributed by atoms with E-state index >= 15 is 0 Å². The normalized spacial score (nSPS) is 13.7. The Morgan fingerprint density at radius 2 is 2.03 bits per heavy atom. The van der Waals surface area contributed by atoms with E-state index in [-0.39, 0.29) is 24.8 Å². The topological polar surface area (TPSA) is 128 Å². The predicted octanol–water partition coefficient (Wildman–Crippen LogP) is 2.17. The molecule has 0 atom stereocenters. The van der Waals surface area contributed by atoms with Crippen molar-refractivity contribution in [2.75, 3.05) is 36.4 Å². The second-order valence-electron chi connectivity index (χ2n) is 7.04. The third-order valence-electron chi connectivity index (χ3n) is 5.12. The lowest BCUT2D eigenvalue weighted by Gasteiger charge is -2.30. The first-order chi connectivity index (χ1) is 15.1. The number of aromatic hydroxyl groups is 1. The Morgan fingerprint density at radius 1 is 1.22 bits per heavy atom. The minimum atomic E-state index is -0.439. The van der Waals surface area contributed by atoms with Crippen LogP contribution in [0, 0.1) is 0 Å². The average Bonchev–Trinajstić information content (AvgIpc) is 3.39. The molecule has 11 heteroatoms. The first kappa shape index (κ1) is 21.5. The van der Waals surface area contributed by atoms with Crippen LogP contribution in [0.3, 0.4) is 0 Å². The SMILES string of the molecule is C.O=C(Nc1cnccc1N1CCNCC1)c1csc(-n2c(=O)[nH]c3c(O)cccc32)n1. The van der Waals surface area contributed by atoms with Crippen LogP contribution >= 0.6 is 11.3 Å². The number of rotatable bonds is 4. The standard InChI is InChI=1S/C20H19N7O3S.CH4/c28-16-3-1-2-15-17(16)25-19(30)27(15)20-24-13(11-31-20)18(29)23-12-10-22-5-4-14(12)26-8-6-21-7-9-26;/h1-5,10-11,21,28H,6-9H2,(H,23,29)(H,25,30);1H4. The van der Waals surface area contributed by atoms with Gasteiger partial charge in [0.25, 0.3) is 5.91 Å². The van der Waals surface area contributed by atoms with Crippen LogP contribution in [0.5, 0.6) is 5.75 Å². The Bertz CT molecular complexity index is 1320. The number of carbonyl (C=O) groups is 1. The van der Waals surface area contributed by atoms with Crippen LogP contribution in [-0.2, 0) is 0 Å².